The number of rotatable bonds is 9. The van der Waals surface area contributed by atoms with E-state index in [1.165, 1.54) is 19.1 Å². The van der Waals surface area contributed by atoms with Gasteiger partial charge in [-0.2, -0.15) is 0 Å². The van der Waals surface area contributed by atoms with Crippen molar-refractivity contribution in [2.24, 2.45) is 29.6 Å². The van der Waals surface area contributed by atoms with Crippen molar-refractivity contribution in [2.75, 3.05) is 27.9 Å². The number of esters is 1. The summed E-state index contributed by atoms with van der Waals surface area (Å²) in [4.78, 5) is 65.5. The van der Waals surface area contributed by atoms with Crippen molar-refractivity contribution in [1.29, 1.82) is 0 Å². The molecule has 15 heteroatoms. The Bertz CT molecular complexity index is 1720. The van der Waals surface area contributed by atoms with Crippen LogP contribution in [0.4, 0.5) is 0 Å². The molecule has 1 aromatic heterocycles. The van der Waals surface area contributed by atoms with Gasteiger partial charge in [-0.1, -0.05) is 45.4 Å². The minimum absolute atomic E-state index is 0.0287. The molecule has 2 saturated heterocycles. The number of hydrogen-bond acceptors (Lipinski definition) is 13. The fraction of sp³-hybridized carbons (Fsp3) is 0.766. The average Bonchev–Trinajstić information content (AvgIpc) is 3.79. The lowest BCUT2D eigenvalue weighted by Gasteiger charge is -2.47. The van der Waals surface area contributed by atoms with Crippen molar-refractivity contribution in [2.45, 2.75) is 173 Å². The first-order valence-corrected chi connectivity index (χ1v) is 22.8. The van der Waals surface area contributed by atoms with Gasteiger partial charge in [-0.15, -0.1) is 0 Å². The van der Waals surface area contributed by atoms with Crippen molar-refractivity contribution >= 4 is 23.4 Å². The third kappa shape index (κ3) is 11.9. The molecule has 62 heavy (non-hydrogen) atoms. The molecule has 1 aliphatic carbocycles. The molecule has 15 nitrogen and oxygen atoms in total. The molecule has 3 fully saturated rings. The molecule has 3 aliphatic heterocycles. The number of amides is 1. The highest BCUT2D eigenvalue weighted by molar-refractivity contribution is 6.39. The van der Waals surface area contributed by atoms with Gasteiger partial charge in [0.2, 0.25) is 5.79 Å². The quantitative estimate of drug-likeness (QED) is 0.162. The Morgan fingerprint density at radius 1 is 0.968 bits per heavy atom. The van der Waals surface area contributed by atoms with Crippen LogP contribution in [0.2, 0.25) is 0 Å². The van der Waals surface area contributed by atoms with Crippen LogP contribution in [0.1, 0.15) is 118 Å². The summed E-state index contributed by atoms with van der Waals surface area (Å²) < 4.78 is 36.5. The van der Waals surface area contributed by atoms with E-state index in [1.807, 2.05) is 26.8 Å². The standard InChI is InChI=1S/C47H73N3O12/c1-10-33-20-27(2)19-28(3)21-39(58-8)43-40(59-9)23-30(5)47(56,62-43)44(53)45(54)50-18-12-11-13-34(50)46(55)61-42(31(6)35(51)25-36(33)52)29(4)22-32-14-15-37(38(24-32)57-7)60-26-41-48-16-17-49-41/h16-17,20,22,28,30-35,37-40,42-43,51,56H,10-15,18-19,21,23-26H2,1-9H3,(H,48,49)/b27-20+,29-22?. The van der Waals surface area contributed by atoms with E-state index in [0.717, 1.165) is 24.2 Å². The third-order valence-corrected chi connectivity index (χ3v) is 13.9. The van der Waals surface area contributed by atoms with Gasteiger partial charge in [0.1, 0.15) is 36.5 Å². The number of piperidine rings is 1. The van der Waals surface area contributed by atoms with Crippen molar-refractivity contribution in [3.8, 4) is 0 Å². The molecule has 14 atom stereocenters. The number of methoxy groups -OCH3 is 3. The summed E-state index contributed by atoms with van der Waals surface area (Å²) in [6.07, 6.45) is 8.16. The lowest BCUT2D eigenvalue weighted by molar-refractivity contribution is -0.302. The van der Waals surface area contributed by atoms with Crippen LogP contribution in [0.5, 0.6) is 0 Å². The molecule has 1 aromatic rings. The zero-order valence-electron chi connectivity index (χ0n) is 38.4. The molecule has 1 amide bonds. The highest BCUT2D eigenvalue weighted by atomic mass is 16.7. The summed E-state index contributed by atoms with van der Waals surface area (Å²) in [6, 6.07) is -1.13. The summed E-state index contributed by atoms with van der Waals surface area (Å²) in [5.74, 6) is -6.73. The minimum atomic E-state index is -2.50. The van der Waals surface area contributed by atoms with E-state index in [-0.39, 0.29) is 55.6 Å². The van der Waals surface area contributed by atoms with Crippen LogP contribution < -0.4 is 0 Å². The second kappa shape index (κ2) is 22.5. The van der Waals surface area contributed by atoms with Gasteiger partial charge in [0, 0.05) is 64.4 Å². The first-order chi connectivity index (χ1) is 29.5. The second-order valence-electron chi connectivity index (χ2n) is 18.5. The van der Waals surface area contributed by atoms with E-state index in [2.05, 4.69) is 23.0 Å². The number of nitrogens with one attached hydrogen (secondary N) is 1. The molecular weight excluding hydrogens is 799 g/mol. The summed E-state index contributed by atoms with van der Waals surface area (Å²) in [7, 11) is 4.73. The molecule has 0 spiro atoms. The Morgan fingerprint density at radius 2 is 1.68 bits per heavy atom. The number of allylic oxidation sites excluding steroid dienone is 3. The molecule has 348 valence electrons. The maximum Gasteiger partial charge on any atom is 0.329 e. The fourth-order valence-corrected chi connectivity index (χ4v) is 10.1. The van der Waals surface area contributed by atoms with Crippen LogP contribution >= 0.6 is 0 Å². The molecule has 4 heterocycles. The molecule has 0 aromatic carbocycles. The number of Topliss-reactive ketones (excluding diaryl/α,β-unsaturated/α-hetero) is 2. The molecule has 4 aliphatic rings. The molecule has 14 unspecified atom stereocenters. The number of carbonyl (C=O) groups is 4. The molecule has 3 N–H and O–H groups in total. The molecule has 2 bridgehead atoms. The Morgan fingerprint density at radius 3 is 2.34 bits per heavy atom. The number of cyclic esters (lactones) is 1. The van der Waals surface area contributed by atoms with Crippen LogP contribution in [0.15, 0.2) is 35.7 Å². The summed E-state index contributed by atoms with van der Waals surface area (Å²) in [6.45, 7) is 11.7. The van der Waals surface area contributed by atoms with Crippen molar-refractivity contribution in [3.05, 3.63) is 41.5 Å². The van der Waals surface area contributed by atoms with Crippen LogP contribution in [0, 0.1) is 29.6 Å². The maximum absolute atomic E-state index is 14.5. The Hall–Kier alpha value is -3.31. The lowest BCUT2D eigenvalue weighted by atomic mass is 9.81. The Labute approximate surface area is 367 Å². The van der Waals surface area contributed by atoms with Gasteiger partial charge in [-0.25, -0.2) is 9.78 Å². The minimum Gasteiger partial charge on any atom is -0.456 e. The summed E-state index contributed by atoms with van der Waals surface area (Å²) >= 11 is 0. The number of ether oxygens (including phenoxy) is 6. The fourth-order valence-electron chi connectivity index (χ4n) is 10.1. The Balaban J connectivity index is 1.48. The average molecular weight is 872 g/mol. The van der Waals surface area contributed by atoms with E-state index in [9.17, 15) is 29.4 Å². The van der Waals surface area contributed by atoms with E-state index in [0.29, 0.717) is 50.7 Å². The van der Waals surface area contributed by atoms with Gasteiger partial charge in [0.15, 0.2) is 0 Å². The monoisotopic (exact) mass is 872 g/mol. The first kappa shape index (κ1) is 49.7. The van der Waals surface area contributed by atoms with Gasteiger partial charge in [0.05, 0.1) is 30.5 Å². The predicted molar refractivity (Wildman–Crippen MR) is 229 cm³/mol. The third-order valence-electron chi connectivity index (χ3n) is 13.9. The van der Waals surface area contributed by atoms with Gasteiger partial charge >= 0.3 is 5.97 Å². The zero-order chi connectivity index (χ0) is 45.3. The number of aromatic nitrogens is 2. The van der Waals surface area contributed by atoms with E-state index in [1.54, 1.807) is 33.4 Å². The number of imidazole rings is 1. The zero-order valence-corrected chi connectivity index (χ0v) is 38.4. The first-order valence-electron chi connectivity index (χ1n) is 22.8. The van der Waals surface area contributed by atoms with E-state index >= 15 is 0 Å². The van der Waals surface area contributed by atoms with Crippen molar-refractivity contribution in [3.63, 3.8) is 0 Å². The smallest absolute Gasteiger partial charge is 0.329 e. The van der Waals surface area contributed by atoms with Crippen LogP contribution in [0.3, 0.4) is 0 Å². The van der Waals surface area contributed by atoms with E-state index < -0.39 is 77.8 Å². The molecule has 1 saturated carbocycles. The number of fused-ring (bicyclic) bond motifs is 3. The number of hydrogen-bond donors (Lipinski definition) is 3. The molecule has 0 radical (unpaired) electrons. The van der Waals surface area contributed by atoms with Crippen LogP contribution in [-0.4, -0.2) is 131 Å². The topological polar surface area (TPSA) is 196 Å². The number of aromatic amines is 1. The molecule has 5 rings (SSSR count). The second-order valence-corrected chi connectivity index (χ2v) is 18.5. The van der Waals surface area contributed by atoms with Crippen molar-refractivity contribution in [1.82, 2.24) is 14.9 Å². The van der Waals surface area contributed by atoms with Gasteiger partial charge < -0.3 is 48.5 Å². The van der Waals surface area contributed by atoms with Crippen molar-refractivity contribution < 1.29 is 57.8 Å². The van der Waals surface area contributed by atoms with Gasteiger partial charge in [-0.05, 0) is 95.5 Å². The SMILES string of the molecule is CCC1/C=C(\C)CC(C)CC(OC)C2OC(O)(C(=O)C(=O)N3CCCCC3C(=O)OC(C(C)=CC3CCC(OCc4ncc[nH]4)C(OC)C3)C(C)C(O)CC1=O)C(C)CC2OC. The summed E-state index contributed by atoms with van der Waals surface area (Å²) in [5.41, 5.74) is 1.69. The van der Waals surface area contributed by atoms with E-state index in [4.69, 9.17) is 28.4 Å². The van der Waals surface area contributed by atoms with Crippen LogP contribution in [0.25, 0.3) is 0 Å². The Kier molecular flexibility index (Phi) is 18.1. The number of aliphatic hydroxyl groups excluding tert-OH is 1. The maximum atomic E-state index is 14.5. The highest BCUT2D eigenvalue weighted by Crippen LogP contribution is 2.39. The molecular formula is C47H73N3O12. The predicted octanol–water partition coefficient (Wildman–Crippen LogP) is 5.42. The lowest BCUT2D eigenvalue weighted by Crippen LogP contribution is -2.64. The number of nitrogens with zero attached hydrogens (tertiary/aromatic N) is 2. The highest BCUT2D eigenvalue weighted by Gasteiger charge is 2.56. The number of aliphatic hydroxyl groups is 2. The summed E-state index contributed by atoms with van der Waals surface area (Å²) in [5, 5.41) is 23.9. The van der Waals surface area contributed by atoms with Crippen LogP contribution in [-0.2, 0) is 54.2 Å². The van der Waals surface area contributed by atoms with Gasteiger partial charge in [0.25, 0.3) is 11.7 Å². The largest absolute Gasteiger partial charge is 0.456 e. The normalized spacial score (nSPS) is 38.7. The number of H-pyrrole nitrogens is 1. The number of carbonyl (C=O) groups excluding carboxylic acids is 4. The number of ketones is 2. The van der Waals surface area contributed by atoms with Gasteiger partial charge in [-0.3, -0.25) is 14.4 Å².